The Kier molecular flexibility index (Phi) is 7.05. The fourth-order valence-electron chi connectivity index (χ4n) is 3.26. The molecule has 0 saturated heterocycles. The van der Waals surface area contributed by atoms with Crippen LogP contribution in [0, 0.1) is 6.92 Å². The number of furan rings is 1. The molecule has 0 bridgehead atoms. The van der Waals surface area contributed by atoms with Crippen LogP contribution >= 0.6 is 23.4 Å². The van der Waals surface area contributed by atoms with Gasteiger partial charge in [-0.3, -0.25) is 9.36 Å². The van der Waals surface area contributed by atoms with Gasteiger partial charge in [0.25, 0.3) is 0 Å². The van der Waals surface area contributed by atoms with E-state index in [2.05, 4.69) is 10.2 Å². The number of halogens is 1. The molecule has 9 heteroatoms. The number of carbonyl (C=O) groups is 1. The Bertz CT molecular complexity index is 1240. The molecule has 2 aromatic carbocycles. The first-order valence-electron chi connectivity index (χ1n) is 10.2. The summed E-state index contributed by atoms with van der Waals surface area (Å²) in [6, 6.07) is 18.8. The van der Waals surface area contributed by atoms with Crippen molar-refractivity contribution in [3.05, 3.63) is 77.3 Å². The van der Waals surface area contributed by atoms with Crippen molar-refractivity contribution in [1.29, 1.82) is 0 Å². The molecule has 0 aliphatic rings. The minimum atomic E-state index is -0.0358. The summed E-state index contributed by atoms with van der Waals surface area (Å²) in [5.74, 6) is 3.15. The molecular formula is C24H23ClN4O3S. The van der Waals surface area contributed by atoms with Gasteiger partial charge in [0.1, 0.15) is 23.1 Å². The fraction of sp³-hybridized carbons (Fsp3) is 0.208. The number of aryl methyl sites for hydroxylation is 1. The monoisotopic (exact) mass is 482 g/mol. The van der Waals surface area contributed by atoms with E-state index in [4.69, 9.17) is 20.8 Å². The van der Waals surface area contributed by atoms with Gasteiger partial charge in [-0.15, -0.1) is 10.2 Å². The Balaban J connectivity index is 1.38. The summed E-state index contributed by atoms with van der Waals surface area (Å²) < 4.78 is 13.1. The molecule has 0 atom stereocenters. The van der Waals surface area contributed by atoms with E-state index in [-0.39, 0.29) is 11.7 Å². The lowest BCUT2D eigenvalue weighted by atomic mass is 10.2. The second-order valence-corrected chi connectivity index (χ2v) is 8.75. The van der Waals surface area contributed by atoms with E-state index in [1.807, 2.05) is 72.2 Å². The van der Waals surface area contributed by atoms with Crippen molar-refractivity contribution in [2.24, 2.45) is 0 Å². The molecule has 1 amide bonds. The Labute approximate surface area is 201 Å². The van der Waals surface area contributed by atoms with E-state index in [0.29, 0.717) is 22.5 Å². The third kappa shape index (κ3) is 5.40. The highest BCUT2D eigenvalue weighted by Crippen LogP contribution is 2.26. The summed E-state index contributed by atoms with van der Waals surface area (Å²) in [4.78, 5) is 14.4. The van der Waals surface area contributed by atoms with Crippen molar-refractivity contribution in [2.75, 3.05) is 19.9 Å². The van der Waals surface area contributed by atoms with Gasteiger partial charge in [0.15, 0.2) is 5.16 Å². The first kappa shape index (κ1) is 22.9. The average molecular weight is 483 g/mol. The lowest BCUT2D eigenvalue weighted by molar-refractivity contribution is -0.127. The van der Waals surface area contributed by atoms with Crippen LogP contribution in [0.1, 0.15) is 11.6 Å². The van der Waals surface area contributed by atoms with Crippen LogP contribution in [0.3, 0.4) is 0 Å². The number of ether oxygens (including phenoxy) is 1. The average Bonchev–Trinajstić information content (AvgIpc) is 3.44. The van der Waals surface area contributed by atoms with Crippen LogP contribution in [0.15, 0.2) is 70.2 Å². The number of hydrogen-bond acceptors (Lipinski definition) is 6. The summed E-state index contributed by atoms with van der Waals surface area (Å²) in [6.45, 7) is 2.25. The van der Waals surface area contributed by atoms with Crippen LogP contribution in [0.5, 0.6) is 5.75 Å². The Hall–Kier alpha value is -3.23. The highest BCUT2D eigenvalue weighted by atomic mass is 35.5. The van der Waals surface area contributed by atoms with Crippen LogP contribution in [0.2, 0.25) is 5.02 Å². The molecule has 170 valence electrons. The fourth-order valence-corrected chi connectivity index (χ4v) is 4.32. The van der Waals surface area contributed by atoms with Gasteiger partial charge in [-0.2, -0.15) is 0 Å². The number of rotatable bonds is 8. The van der Waals surface area contributed by atoms with E-state index >= 15 is 0 Å². The predicted molar refractivity (Wildman–Crippen MR) is 129 cm³/mol. The minimum absolute atomic E-state index is 0.0358. The van der Waals surface area contributed by atoms with Gasteiger partial charge < -0.3 is 14.1 Å². The molecule has 4 rings (SSSR count). The van der Waals surface area contributed by atoms with Gasteiger partial charge in [-0.1, -0.05) is 23.4 Å². The molecular weight excluding hydrogens is 460 g/mol. The second kappa shape index (κ2) is 10.1. The molecule has 4 aromatic rings. The molecule has 0 aliphatic heterocycles. The van der Waals surface area contributed by atoms with Crippen LogP contribution in [0.25, 0.3) is 17.0 Å². The largest absolute Gasteiger partial charge is 0.497 e. The third-order valence-electron chi connectivity index (χ3n) is 5.06. The van der Waals surface area contributed by atoms with E-state index in [1.54, 1.807) is 19.1 Å². The van der Waals surface area contributed by atoms with E-state index in [1.165, 1.54) is 11.8 Å². The van der Waals surface area contributed by atoms with Crippen LogP contribution in [-0.4, -0.2) is 45.5 Å². The number of benzene rings is 2. The molecule has 2 heterocycles. The van der Waals surface area contributed by atoms with Crippen molar-refractivity contribution in [3.8, 4) is 22.8 Å². The third-order valence-corrected chi connectivity index (χ3v) is 6.23. The summed E-state index contributed by atoms with van der Waals surface area (Å²) in [6.07, 6.45) is 0. The molecule has 2 aromatic heterocycles. The van der Waals surface area contributed by atoms with Crippen LogP contribution < -0.4 is 4.74 Å². The van der Waals surface area contributed by atoms with Crippen molar-refractivity contribution >= 4 is 29.3 Å². The van der Waals surface area contributed by atoms with Gasteiger partial charge in [0, 0.05) is 23.3 Å². The molecule has 0 unspecified atom stereocenters. The van der Waals surface area contributed by atoms with Crippen LogP contribution in [0.4, 0.5) is 0 Å². The zero-order chi connectivity index (χ0) is 23.4. The minimum Gasteiger partial charge on any atom is -0.497 e. The highest BCUT2D eigenvalue weighted by molar-refractivity contribution is 7.99. The first-order chi connectivity index (χ1) is 15.9. The Morgan fingerprint density at radius 1 is 1.09 bits per heavy atom. The zero-order valence-electron chi connectivity index (χ0n) is 18.5. The molecule has 0 spiro atoms. The number of aromatic nitrogens is 3. The summed E-state index contributed by atoms with van der Waals surface area (Å²) in [5.41, 5.74) is 1.84. The number of hydrogen-bond donors (Lipinski definition) is 0. The number of carbonyl (C=O) groups excluding carboxylic acids is 1. The predicted octanol–water partition coefficient (Wildman–Crippen LogP) is 5.25. The molecule has 0 saturated carbocycles. The molecule has 7 nitrogen and oxygen atoms in total. The SMILES string of the molecule is COc1ccc(-n2c(C)nnc2SCC(=O)N(C)Cc2ccc(-c3ccc(Cl)cc3)o2)cc1. The molecule has 0 radical (unpaired) electrons. The molecule has 0 fully saturated rings. The van der Waals surface area contributed by atoms with Gasteiger partial charge >= 0.3 is 0 Å². The number of methoxy groups -OCH3 is 1. The molecule has 0 N–H and O–H groups in total. The van der Waals surface area contributed by atoms with Crippen molar-refractivity contribution in [3.63, 3.8) is 0 Å². The maximum absolute atomic E-state index is 12.7. The summed E-state index contributed by atoms with van der Waals surface area (Å²) in [7, 11) is 3.39. The quantitative estimate of drug-likeness (QED) is 0.319. The summed E-state index contributed by atoms with van der Waals surface area (Å²) >= 11 is 7.30. The van der Waals surface area contributed by atoms with Crippen molar-refractivity contribution in [2.45, 2.75) is 18.6 Å². The second-order valence-electron chi connectivity index (χ2n) is 7.37. The van der Waals surface area contributed by atoms with E-state index in [0.717, 1.165) is 28.6 Å². The van der Waals surface area contributed by atoms with Gasteiger partial charge in [0.2, 0.25) is 5.91 Å². The van der Waals surface area contributed by atoms with Gasteiger partial charge in [0.05, 0.1) is 19.4 Å². The topological polar surface area (TPSA) is 73.4 Å². The number of thioether (sulfide) groups is 1. The van der Waals surface area contributed by atoms with Gasteiger partial charge in [-0.05, 0) is 67.6 Å². The standard InChI is InChI=1S/C24H23ClN4O3S/c1-16-26-27-24(29(16)19-8-10-20(31-3)11-9-19)33-15-23(30)28(2)14-21-12-13-22(32-21)17-4-6-18(25)7-5-17/h4-13H,14-15H2,1-3H3. The Morgan fingerprint density at radius 3 is 2.52 bits per heavy atom. The van der Waals surface area contributed by atoms with Crippen molar-refractivity contribution < 1.29 is 13.9 Å². The van der Waals surface area contributed by atoms with Crippen molar-refractivity contribution in [1.82, 2.24) is 19.7 Å². The number of amides is 1. The zero-order valence-corrected chi connectivity index (χ0v) is 20.1. The molecule has 0 aliphatic carbocycles. The lowest BCUT2D eigenvalue weighted by Crippen LogP contribution is -2.27. The normalized spacial score (nSPS) is 10.9. The summed E-state index contributed by atoms with van der Waals surface area (Å²) in [5, 5.41) is 9.74. The first-order valence-corrected chi connectivity index (χ1v) is 11.6. The maximum atomic E-state index is 12.7. The Morgan fingerprint density at radius 2 is 1.82 bits per heavy atom. The smallest absolute Gasteiger partial charge is 0.233 e. The number of nitrogens with zero attached hydrogens (tertiary/aromatic N) is 4. The van der Waals surface area contributed by atoms with Crippen LogP contribution in [-0.2, 0) is 11.3 Å². The maximum Gasteiger partial charge on any atom is 0.233 e. The van der Waals surface area contributed by atoms with E-state index in [9.17, 15) is 4.79 Å². The van der Waals surface area contributed by atoms with E-state index < -0.39 is 0 Å². The lowest BCUT2D eigenvalue weighted by Gasteiger charge is -2.15. The molecule has 33 heavy (non-hydrogen) atoms. The highest BCUT2D eigenvalue weighted by Gasteiger charge is 2.17. The van der Waals surface area contributed by atoms with Gasteiger partial charge in [-0.25, -0.2) is 0 Å².